The molecule has 0 saturated heterocycles. The maximum atomic E-state index is 11.0. The van der Waals surface area contributed by atoms with Gasteiger partial charge in [-0.15, -0.1) is 0 Å². The molecule has 1 aromatic heterocycles. The summed E-state index contributed by atoms with van der Waals surface area (Å²) in [6, 6.07) is 16.1. The van der Waals surface area contributed by atoms with Crippen molar-refractivity contribution in [1.29, 1.82) is 0 Å². The van der Waals surface area contributed by atoms with Gasteiger partial charge in [-0.05, 0) is 42.5 Å². The first kappa shape index (κ1) is 19.9. The molecule has 0 bridgehead atoms. The van der Waals surface area contributed by atoms with E-state index in [-0.39, 0.29) is 0 Å². The van der Waals surface area contributed by atoms with Crippen LogP contribution in [0.3, 0.4) is 0 Å². The Hall–Kier alpha value is -3.38. The van der Waals surface area contributed by atoms with Crippen molar-refractivity contribution in [3.05, 3.63) is 82.2 Å². The highest BCUT2D eigenvalue weighted by Gasteiger charge is 2.19. The molecule has 0 radical (unpaired) electrons. The van der Waals surface area contributed by atoms with Gasteiger partial charge in [0.1, 0.15) is 0 Å². The van der Waals surface area contributed by atoms with Crippen LogP contribution in [-0.2, 0) is 24.2 Å². The van der Waals surface area contributed by atoms with Crippen molar-refractivity contribution < 1.29 is 14.4 Å². The SMILES string of the molecule is Cc1noc(-c2ccccc2)c1CCN1CCc2cc(/C=C(\O)C(N)=O)ccc2C1. The molecule has 6 nitrogen and oxygen atoms in total. The number of aliphatic hydroxyl groups is 1. The number of amides is 1. The van der Waals surface area contributed by atoms with Gasteiger partial charge >= 0.3 is 0 Å². The molecule has 1 amide bonds. The van der Waals surface area contributed by atoms with Gasteiger partial charge in [0.25, 0.3) is 5.91 Å². The standard InChI is InChI=1S/C24H25N3O3/c1-16-21(23(30-26-16)18-5-3-2-4-6-18)10-12-27-11-9-19-13-17(7-8-20(19)15-27)14-22(28)24(25)29/h2-8,13-14,28H,9-12,15H2,1H3,(H2,25,29)/b22-14-. The molecule has 6 heteroatoms. The van der Waals surface area contributed by atoms with Crippen molar-refractivity contribution in [2.75, 3.05) is 13.1 Å². The lowest BCUT2D eigenvalue weighted by atomic mass is 9.96. The van der Waals surface area contributed by atoms with Crippen LogP contribution in [0.2, 0.25) is 0 Å². The molecule has 0 atom stereocenters. The molecule has 154 valence electrons. The third-order valence-electron chi connectivity index (χ3n) is 5.58. The van der Waals surface area contributed by atoms with Crippen LogP contribution in [0.4, 0.5) is 0 Å². The number of carbonyl (C=O) groups is 1. The maximum absolute atomic E-state index is 11.0. The van der Waals surface area contributed by atoms with Gasteiger partial charge in [-0.2, -0.15) is 0 Å². The molecule has 30 heavy (non-hydrogen) atoms. The van der Waals surface area contributed by atoms with Crippen LogP contribution >= 0.6 is 0 Å². The van der Waals surface area contributed by atoms with Gasteiger partial charge < -0.3 is 15.4 Å². The normalized spacial score (nSPS) is 14.5. The van der Waals surface area contributed by atoms with E-state index in [1.54, 1.807) is 0 Å². The summed E-state index contributed by atoms with van der Waals surface area (Å²) in [5, 5.41) is 13.8. The van der Waals surface area contributed by atoms with E-state index in [0.29, 0.717) is 0 Å². The fraction of sp³-hybridized carbons (Fsp3) is 0.250. The number of carbonyl (C=O) groups excluding carboxylic acids is 1. The number of benzene rings is 2. The van der Waals surface area contributed by atoms with Crippen LogP contribution in [0.5, 0.6) is 0 Å². The fourth-order valence-electron chi connectivity index (χ4n) is 3.91. The minimum atomic E-state index is -0.821. The summed E-state index contributed by atoms with van der Waals surface area (Å²) >= 11 is 0. The molecular formula is C24H25N3O3. The number of aryl methyl sites for hydroxylation is 1. The lowest BCUT2D eigenvalue weighted by Gasteiger charge is -2.29. The molecule has 2 heterocycles. The summed E-state index contributed by atoms with van der Waals surface area (Å²) in [5.41, 5.74) is 11.5. The average Bonchev–Trinajstić information content (AvgIpc) is 3.13. The first-order valence-corrected chi connectivity index (χ1v) is 10.1. The zero-order valence-corrected chi connectivity index (χ0v) is 17.0. The Morgan fingerprint density at radius 2 is 2.03 bits per heavy atom. The van der Waals surface area contributed by atoms with Crippen molar-refractivity contribution in [2.24, 2.45) is 5.73 Å². The molecule has 1 aliphatic rings. The zero-order chi connectivity index (χ0) is 21.1. The Balaban J connectivity index is 1.44. The van der Waals surface area contributed by atoms with E-state index in [1.807, 2.05) is 49.4 Å². The second kappa shape index (κ2) is 8.55. The van der Waals surface area contributed by atoms with E-state index >= 15 is 0 Å². The van der Waals surface area contributed by atoms with Crippen LogP contribution < -0.4 is 5.73 Å². The number of hydrogen-bond acceptors (Lipinski definition) is 5. The smallest absolute Gasteiger partial charge is 0.283 e. The number of rotatable bonds is 6. The van der Waals surface area contributed by atoms with Gasteiger partial charge in [-0.25, -0.2) is 0 Å². The third-order valence-corrected chi connectivity index (χ3v) is 5.58. The molecule has 2 aromatic carbocycles. The Kier molecular flexibility index (Phi) is 5.68. The van der Waals surface area contributed by atoms with Crippen molar-refractivity contribution in [3.63, 3.8) is 0 Å². The van der Waals surface area contributed by atoms with Crippen molar-refractivity contribution in [1.82, 2.24) is 10.1 Å². The molecule has 0 fully saturated rings. The number of nitrogens with two attached hydrogens (primary N) is 1. The van der Waals surface area contributed by atoms with E-state index in [9.17, 15) is 9.90 Å². The van der Waals surface area contributed by atoms with E-state index in [0.717, 1.165) is 60.6 Å². The predicted octanol–water partition coefficient (Wildman–Crippen LogP) is 3.64. The highest BCUT2D eigenvalue weighted by atomic mass is 16.5. The van der Waals surface area contributed by atoms with Crippen LogP contribution in [0.15, 0.2) is 58.8 Å². The summed E-state index contributed by atoms with van der Waals surface area (Å²) in [7, 11) is 0. The van der Waals surface area contributed by atoms with Crippen LogP contribution in [-0.4, -0.2) is 34.2 Å². The molecule has 0 aliphatic carbocycles. The fourth-order valence-corrected chi connectivity index (χ4v) is 3.91. The van der Waals surface area contributed by atoms with E-state index in [1.165, 1.54) is 17.2 Å². The predicted molar refractivity (Wildman–Crippen MR) is 116 cm³/mol. The van der Waals surface area contributed by atoms with Gasteiger partial charge in [0.2, 0.25) is 0 Å². The highest BCUT2D eigenvalue weighted by molar-refractivity contribution is 5.94. The van der Waals surface area contributed by atoms with Crippen LogP contribution in [0.25, 0.3) is 17.4 Å². The molecule has 1 aliphatic heterocycles. The Morgan fingerprint density at radius 3 is 2.80 bits per heavy atom. The number of aliphatic hydroxyl groups excluding tert-OH is 1. The minimum absolute atomic E-state index is 0.425. The number of primary amides is 1. The number of nitrogens with zero attached hydrogens (tertiary/aromatic N) is 2. The van der Waals surface area contributed by atoms with Gasteiger partial charge in [0.05, 0.1) is 5.69 Å². The van der Waals surface area contributed by atoms with Crippen molar-refractivity contribution in [2.45, 2.75) is 26.3 Å². The quantitative estimate of drug-likeness (QED) is 0.484. The number of hydrogen-bond donors (Lipinski definition) is 2. The van der Waals surface area contributed by atoms with E-state index in [4.69, 9.17) is 10.3 Å². The Morgan fingerprint density at radius 1 is 1.23 bits per heavy atom. The van der Waals surface area contributed by atoms with Crippen LogP contribution in [0, 0.1) is 6.92 Å². The molecule has 0 unspecified atom stereocenters. The Labute approximate surface area is 175 Å². The van der Waals surface area contributed by atoms with Crippen molar-refractivity contribution in [3.8, 4) is 11.3 Å². The van der Waals surface area contributed by atoms with Gasteiger partial charge in [-0.3, -0.25) is 9.69 Å². The molecule has 0 saturated carbocycles. The second-order valence-corrected chi connectivity index (χ2v) is 7.64. The zero-order valence-electron chi connectivity index (χ0n) is 17.0. The minimum Gasteiger partial charge on any atom is -0.503 e. The third kappa shape index (κ3) is 4.28. The second-order valence-electron chi connectivity index (χ2n) is 7.64. The van der Waals surface area contributed by atoms with Gasteiger partial charge in [-0.1, -0.05) is 53.7 Å². The van der Waals surface area contributed by atoms with Crippen LogP contribution in [0.1, 0.15) is 27.9 Å². The molecule has 0 spiro atoms. The maximum Gasteiger partial charge on any atom is 0.283 e. The van der Waals surface area contributed by atoms with E-state index in [2.05, 4.69) is 16.1 Å². The van der Waals surface area contributed by atoms with Gasteiger partial charge in [0, 0.05) is 30.8 Å². The molecular weight excluding hydrogens is 378 g/mol. The molecule has 4 rings (SSSR count). The lowest BCUT2D eigenvalue weighted by molar-refractivity contribution is -0.116. The largest absolute Gasteiger partial charge is 0.503 e. The Bertz CT molecular complexity index is 1090. The summed E-state index contributed by atoms with van der Waals surface area (Å²) in [5.74, 6) is -0.389. The summed E-state index contributed by atoms with van der Waals surface area (Å²) in [6.07, 6.45) is 3.21. The molecule has 3 aromatic rings. The number of aromatic nitrogens is 1. The first-order valence-electron chi connectivity index (χ1n) is 10.1. The first-order chi connectivity index (χ1) is 14.5. The summed E-state index contributed by atoms with van der Waals surface area (Å²) < 4.78 is 5.61. The van der Waals surface area contributed by atoms with E-state index < -0.39 is 11.7 Å². The monoisotopic (exact) mass is 403 g/mol. The summed E-state index contributed by atoms with van der Waals surface area (Å²) in [6.45, 7) is 4.73. The summed E-state index contributed by atoms with van der Waals surface area (Å²) in [4.78, 5) is 13.5. The number of fused-ring (bicyclic) bond motifs is 1. The highest BCUT2D eigenvalue weighted by Crippen LogP contribution is 2.27. The van der Waals surface area contributed by atoms with Crippen molar-refractivity contribution >= 4 is 12.0 Å². The molecule has 3 N–H and O–H groups in total. The lowest BCUT2D eigenvalue weighted by Crippen LogP contribution is -2.32. The van der Waals surface area contributed by atoms with Gasteiger partial charge in [0.15, 0.2) is 11.5 Å². The topological polar surface area (TPSA) is 92.6 Å². The average molecular weight is 403 g/mol.